The number of rotatable bonds is 4. The molecule has 26 heavy (non-hydrogen) atoms. The van der Waals surface area contributed by atoms with E-state index < -0.39 is 29.6 Å². The van der Waals surface area contributed by atoms with Gasteiger partial charge in [-0.2, -0.15) is 5.10 Å². The molecule has 0 aliphatic rings. The van der Waals surface area contributed by atoms with E-state index >= 15 is 0 Å². The van der Waals surface area contributed by atoms with Gasteiger partial charge in [0.2, 0.25) is 5.91 Å². The molecule has 1 amide bonds. The van der Waals surface area contributed by atoms with E-state index in [2.05, 4.69) is 26.3 Å². The molecule has 1 N–H and O–H groups in total. The van der Waals surface area contributed by atoms with Crippen molar-refractivity contribution < 1.29 is 13.6 Å². The molecule has 3 aromatic rings. The average molecular weight is 420 g/mol. The Bertz CT molecular complexity index is 1020. The standard InChI is InChI=1S/C18H12BrF2N3O2/c19-12-3-1-11(2-4-12)15-7-8-18(26)24(23-15)10-17(25)22-16-9-13(20)5-6-14(16)21/h1-9H,10H2,(H,22,25). The van der Waals surface area contributed by atoms with Crippen LogP contribution in [0.4, 0.5) is 14.5 Å². The van der Waals surface area contributed by atoms with Crippen LogP contribution in [0.3, 0.4) is 0 Å². The zero-order chi connectivity index (χ0) is 18.7. The van der Waals surface area contributed by atoms with Crippen LogP contribution in [0.5, 0.6) is 0 Å². The molecule has 0 saturated carbocycles. The van der Waals surface area contributed by atoms with Gasteiger partial charge in [0.05, 0.1) is 11.4 Å². The molecule has 1 heterocycles. The van der Waals surface area contributed by atoms with Gasteiger partial charge in [-0.25, -0.2) is 13.5 Å². The molecule has 0 radical (unpaired) electrons. The molecule has 132 valence electrons. The van der Waals surface area contributed by atoms with E-state index in [1.54, 1.807) is 6.07 Å². The third kappa shape index (κ3) is 4.20. The second-order valence-electron chi connectivity index (χ2n) is 5.39. The van der Waals surface area contributed by atoms with Crippen LogP contribution in [-0.2, 0) is 11.3 Å². The van der Waals surface area contributed by atoms with Gasteiger partial charge in [0, 0.05) is 22.2 Å². The fourth-order valence-corrected chi connectivity index (χ4v) is 2.52. The van der Waals surface area contributed by atoms with Gasteiger partial charge in [-0.15, -0.1) is 0 Å². The average Bonchev–Trinajstić information content (AvgIpc) is 2.61. The normalized spacial score (nSPS) is 10.6. The van der Waals surface area contributed by atoms with E-state index in [9.17, 15) is 18.4 Å². The summed E-state index contributed by atoms with van der Waals surface area (Å²) in [6, 6.07) is 12.8. The summed E-state index contributed by atoms with van der Waals surface area (Å²) in [6.45, 7) is -0.431. The van der Waals surface area contributed by atoms with Crippen LogP contribution in [0.2, 0.25) is 0 Å². The zero-order valence-corrected chi connectivity index (χ0v) is 14.8. The summed E-state index contributed by atoms with van der Waals surface area (Å²) in [6.07, 6.45) is 0. The second-order valence-corrected chi connectivity index (χ2v) is 6.31. The Morgan fingerprint density at radius 3 is 2.54 bits per heavy atom. The monoisotopic (exact) mass is 419 g/mol. The number of hydrogen-bond donors (Lipinski definition) is 1. The zero-order valence-electron chi connectivity index (χ0n) is 13.2. The molecular formula is C18H12BrF2N3O2. The van der Waals surface area contributed by atoms with Crippen LogP contribution < -0.4 is 10.9 Å². The third-order valence-corrected chi connectivity index (χ3v) is 4.03. The number of amides is 1. The Labute approximate surface area is 155 Å². The first-order chi connectivity index (χ1) is 12.4. The number of halogens is 3. The van der Waals surface area contributed by atoms with E-state index in [0.29, 0.717) is 5.69 Å². The van der Waals surface area contributed by atoms with E-state index in [0.717, 1.165) is 32.9 Å². The number of aromatic nitrogens is 2. The number of nitrogens with zero attached hydrogens (tertiary/aromatic N) is 2. The minimum atomic E-state index is -0.774. The first kappa shape index (κ1) is 17.9. The van der Waals surface area contributed by atoms with Crippen LogP contribution in [0.25, 0.3) is 11.3 Å². The molecule has 0 saturated heterocycles. The largest absolute Gasteiger partial charge is 0.322 e. The molecule has 0 spiro atoms. The molecule has 5 nitrogen and oxygen atoms in total. The lowest BCUT2D eigenvalue weighted by Gasteiger charge is -2.09. The van der Waals surface area contributed by atoms with Gasteiger partial charge in [0.25, 0.3) is 5.56 Å². The summed E-state index contributed by atoms with van der Waals surface area (Å²) in [4.78, 5) is 24.0. The van der Waals surface area contributed by atoms with E-state index in [1.165, 1.54) is 6.07 Å². The minimum absolute atomic E-state index is 0.299. The van der Waals surface area contributed by atoms with Crippen LogP contribution in [-0.4, -0.2) is 15.7 Å². The molecule has 0 aliphatic heterocycles. The van der Waals surface area contributed by atoms with Gasteiger partial charge < -0.3 is 5.32 Å². The molecule has 3 rings (SSSR count). The van der Waals surface area contributed by atoms with Gasteiger partial charge >= 0.3 is 0 Å². The summed E-state index contributed by atoms with van der Waals surface area (Å²) in [5.41, 5.74) is 0.480. The van der Waals surface area contributed by atoms with E-state index in [-0.39, 0.29) is 5.69 Å². The molecule has 0 unspecified atom stereocenters. The lowest BCUT2D eigenvalue weighted by Crippen LogP contribution is -2.29. The first-order valence-electron chi connectivity index (χ1n) is 7.51. The highest BCUT2D eigenvalue weighted by molar-refractivity contribution is 9.10. The van der Waals surface area contributed by atoms with Crippen molar-refractivity contribution in [2.75, 3.05) is 5.32 Å². The molecule has 8 heteroatoms. The lowest BCUT2D eigenvalue weighted by molar-refractivity contribution is -0.117. The summed E-state index contributed by atoms with van der Waals surface area (Å²) in [7, 11) is 0. The van der Waals surface area contributed by atoms with Crippen molar-refractivity contribution in [2.45, 2.75) is 6.54 Å². The van der Waals surface area contributed by atoms with Crippen molar-refractivity contribution in [3.63, 3.8) is 0 Å². The van der Waals surface area contributed by atoms with Crippen molar-refractivity contribution >= 4 is 27.5 Å². The fourth-order valence-electron chi connectivity index (χ4n) is 2.26. The van der Waals surface area contributed by atoms with Gasteiger partial charge in [-0.1, -0.05) is 28.1 Å². The van der Waals surface area contributed by atoms with Crippen LogP contribution >= 0.6 is 15.9 Å². The number of nitrogens with one attached hydrogen (secondary N) is 1. The number of carbonyl (C=O) groups excluding carboxylic acids is 1. The summed E-state index contributed by atoms with van der Waals surface area (Å²) in [5.74, 6) is -2.16. The highest BCUT2D eigenvalue weighted by Crippen LogP contribution is 2.19. The summed E-state index contributed by atoms with van der Waals surface area (Å²) >= 11 is 3.33. The number of hydrogen-bond acceptors (Lipinski definition) is 3. The molecule has 1 aromatic heterocycles. The van der Waals surface area contributed by atoms with E-state index in [1.807, 2.05) is 24.3 Å². The Balaban J connectivity index is 1.81. The topological polar surface area (TPSA) is 64.0 Å². The predicted molar refractivity (Wildman–Crippen MR) is 96.6 cm³/mol. The SMILES string of the molecule is O=C(Cn1nc(-c2ccc(Br)cc2)ccc1=O)Nc1cc(F)ccc1F. The lowest BCUT2D eigenvalue weighted by atomic mass is 10.1. The molecular weight excluding hydrogens is 408 g/mol. The van der Waals surface area contributed by atoms with Crippen molar-refractivity contribution in [1.82, 2.24) is 9.78 Å². The summed E-state index contributed by atoms with van der Waals surface area (Å²) in [5, 5.41) is 6.39. The maximum Gasteiger partial charge on any atom is 0.267 e. The van der Waals surface area contributed by atoms with Crippen molar-refractivity contribution in [3.8, 4) is 11.3 Å². The Hall–Kier alpha value is -2.87. The Morgan fingerprint density at radius 1 is 1.08 bits per heavy atom. The smallest absolute Gasteiger partial charge is 0.267 e. The molecule has 0 aliphatic carbocycles. The van der Waals surface area contributed by atoms with Gasteiger partial charge in [0.1, 0.15) is 18.2 Å². The summed E-state index contributed by atoms with van der Waals surface area (Å²) < 4.78 is 28.6. The Kier molecular flexibility index (Phi) is 5.22. The maximum atomic E-state index is 13.6. The quantitative estimate of drug-likeness (QED) is 0.702. The van der Waals surface area contributed by atoms with Crippen molar-refractivity contribution in [2.24, 2.45) is 0 Å². The Morgan fingerprint density at radius 2 is 1.81 bits per heavy atom. The van der Waals surface area contributed by atoms with Crippen molar-refractivity contribution in [3.05, 3.63) is 81.1 Å². The van der Waals surface area contributed by atoms with Crippen LogP contribution in [0.1, 0.15) is 0 Å². The second kappa shape index (κ2) is 7.57. The number of carbonyl (C=O) groups is 1. The van der Waals surface area contributed by atoms with Crippen LogP contribution in [0.15, 0.2) is 63.9 Å². The number of benzene rings is 2. The highest BCUT2D eigenvalue weighted by atomic mass is 79.9. The van der Waals surface area contributed by atoms with Gasteiger partial charge in [0.15, 0.2) is 0 Å². The van der Waals surface area contributed by atoms with Crippen LogP contribution in [0, 0.1) is 11.6 Å². The fraction of sp³-hybridized carbons (Fsp3) is 0.0556. The molecule has 2 aromatic carbocycles. The number of anilines is 1. The highest BCUT2D eigenvalue weighted by Gasteiger charge is 2.11. The first-order valence-corrected chi connectivity index (χ1v) is 8.31. The van der Waals surface area contributed by atoms with Gasteiger partial charge in [-0.3, -0.25) is 9.59 Å². The molecule has 0 bridgehead atoms. The van der Waals surface area contributed by atoms with E-state index in [4.69, 9.17) is 0 Å². The van der Waals surface area contributed by atoms with Gasteiger partial charge in [-0.05, 0) is 30.3 Å². The molecule has 0 atom stereocenters. The molecule has 0 fully saturated rings. The predicted octanol–water partition coefficient (Wildman–Crippen LogP) is 3.59. The van der Waals surface area contributed by atoms with Crippen molar-refractivity contribution in [1.29, 1.82) is 0 Å². The maximum absolute atomic E-state index is 13.6. The third-order valence-electron chi connectivity index (χ3n) is 3.50. The minimum Gasteiger partial charge on any atom is -0.322 e.